The maximum Gasteiger partial charge on any atom is 0.262 e. The van der Waals surface area contributed by atoms with Gasteiger partial charge in [-0.3, -0.25) is 19.3 Å². The molecule has 0 aromatic heterocycles. The van der Waals surface area contributed by atoms with Crippen molar-refractivity contribution in [2.45, 2.75) is 0 Å². The second-order valence-corrected chi connectivity index (χ2v) is 8.65. The van der Waals surface area contributed by atoms with Crippen LogP contribution in [0.4, 0.5) is 5.69 Å². The van der Waals surface area contributed by atoms with E-state index in [0.29, 0.717) is 68.7 Å². The van der Waals surface area contributed by atoms with Crippen molar-refractivity contribution in [2.24, 2.45) is 0 Å². The SMILES string of the molecule is COc1cccc(NC(=O)COc2ccc(C(=O)N3CCN(C(=O)CN4CCOCC4)CC3)cc2)c1. The van der Waals surface area contributed by atoms with Gasteiger partial charge in [0, 0.05) is 56.6 Å². The number of piperazine rings is 1. The molecule has 192 valence electrons. The highest BCUT2D eigenvalue weighted by Gasteiger charge is 2.26. The summed E-state index contributed by atoms with van der Waals surface area (Å²) < 4.78 is 16.0. The van der Waals surface area contributed by atoms with Crippen LogP contribution in [-0.4, -0.2) is 105 Å². The van der Waals surface area contributed by atoms with E-state index >= 15 is 0 Å². The zero-order valence-corrected chi connectivity index (χ0v) is 20.5. The molecule has 0 radical (unpaired) electrons. The van der Waals surface area contributed by atoms with Crippen LogP contribution in [0.25, 0.3) is 0 Å². The molecule has 2 aromatic carbocycles. The van der Waals surface area contributed by atoms with Crippen molar-refractivity contribution in [1.29, 1.82) is 0 Å². The highest BCUT2D eigenvalue weighted by Crippen LogP contribution is 2.18. The van der Waals surface area contributed by atoms with E-state index in [2.05, 4.69) is 10.2 Å². The van der Waals surface area contributed by atoms with Crippen LogP contribution in [0.3, 0.4) is 0 Å². The van der Waals surface area contributed by atoms with Gasteiger partial charge in [0.1, 0.15) is 11.5 Å². The highest BCUT2D eigenvalue weighted by molar-refractivity contribution is 5.94. The second kappa shape index (κ2) is 12.4. The molecule has 0 aliphatic carbocycles. The zero-order chi connectivity index (χ0) is 25.3. The number of nitrogens with zero attached hydrogens (tertiary/aromatic N) is 3. The summed E-state index contributed by atoms with van der Waals surface area (Å²) in [6.45, 7) is 5.16. The number of morpholine rings is 1. The molecule has 3 amide bonds. The van der Waals surface area contributed by atoms with Gasteiger partial charge >= 0.3 is 0 Å². The lowest BCUT2D eigenvalue weighted by Gasteiger charge is -2.36. The number of hydrogen-bond donors (Lipinski definition) is 1. The lowest BCUT2D eigenvalue weighted by atomic mass is 10.1. The summed E-state index contributed by atoms with van der Waals surface area (Å²) in [5, 5.41) is 2.75. The average Bonchev–Trinajstić information content (AvgIpc) is 2.92. The predicted octanol–water partition coefficient (Wildman–Crippen LogP) is 1.33. The van der Waals surface area contributed by atoms with Crippen LogP contribution in [0.5, 0.6) is 11.5 Å². The molecule has 10 nitrogen and oxygen atoms in total. The molecule has 2 aromatic rings. The van der Waals surface area contributed by atoms with Crippen LogP contribution in [0.15, 0.2) is 48.5 Å². The van der Waals surface area contributed by atoms with Crippen LogP contribution in [0.1, 0.15) is 10.4 Å². The molecule has 36 heavy (non-hydrogen) atoms. The number of amides is 3. The van der Waals surface area contributed by atoms with E-state index in [1.807, 2.05) is 4.90 Å². The monoisotopic (exact) mass is 496 g/mol. The van der Waals surface area contributed by atoms with Crippen LogP contribution in [0, 0.1) is 0 Å². The number of nitrogens with one attached hydrogen (secondary N) is 1. The quantitative estimate of drug-likeness (QED) is 0.589. The van der Waals surface area contributed by atoms with E-state index in [0.717, 1.165) is 13.1 Å². The van der Waals surface area contributed by atoms with Crippen LogP contribution in [0.2, 0.25) is 0 Å². The second-order valence-electron chi connectivity index (χ2n) is 8.65. The van der Waals surface area contributed by atoms with E-state index < -0.39 is 0 Å². The lowest BCUT2D eigenvalue weighted by Crippen LogP contribution is -2.53. The summed E-state index contributed by atoms with van der Waals surface area (Å²) in [4.78, 5) is 43.4. The third-order valence-electron chi connectivity index (χ3n) is 6.21. The number of anilines is 1. The van der Waals surface area contributed by atoms with Crippen molar-refractivity contribution in [3.8, 4) is 11.5 Å². The average molecular weight is 497 g/mol. The fourth-order valence-corrected chi connectivity index (χ4v) is 4.13. The Morgan fingerprint density at radius 3 is 2.28 bits per heavy atom. The first kappa shape index (κ1) is 25.5. The topological polar surface area (TPSA) is 101 Å². The van der Waals surface area contributed by atoms with E-state index in [-0.39, 0.29) is 24.3 Å². The summed E-state index contributed by atoms with van der Waals surface area (Å²) >= 11 is 0. The number of carbonyl (C=O) groups is 3. The van der Waals surface area contributed by atoms with Crippen molar-refractivity contribution < 1.29 is 28.6 Å². The Bertz CT molecular complexity index is 1050. The van der Waals surface area contributed by atoms with Crippen molar-refractivity contribution in [3.63, 3.8) is 0 Å². The summed E-state index contributed by atoms with van der Waals surface area (Å²) in [5.74, 6) is 0.851. The minimum absolute atomic E-state index is 0.0856. The fraction of sp³-hybridized carbons (Fsp3) is 0.423. The van der Waals surface area contributed by atoms with E-state index in [1.165, 1.54) is 0 Å². The van der Waals surface area contributed by atoms with Gasteiger partial charge in [-0.2, -0.15) is 0 Å². The van der Waals surface area contributed by atoms with Crippen molar-refractivity contribution in [1.82, 2.24) is 14.7 Å². The lowest BCUT2D eigenvalue weighted by molar-refractivity contribution is -0.134. The van der Waals surface area contributed by atoms with Gasteiger partial charge in [0.05, 0.1) is 26.9 Å². The molecule has 0 bridgehead atoms. The van der Waals surface area contributed by atoms with Crippen LogP contribution < -0.4 is 14.8 Å². The zero-order valence-electron chi connectivity index (χ0n) is 20.5. The molecule has 0 saturated carbocycles. The van der Waals surface area contributed by atoms with Gasteiger partial charge < -0.3 is 29.3 Å². The highest BCUT2D eigenvalue weighted by atomic mass is 16.5. The number of carbonyl (C=O) groups excluding carboxylic acids is 3. The molecule has 10 heteroatoms. The number of hydrogen-bond acceptors (Lipinski definition) is 7. The van der Waals surface area contributed by atoms with Crippen molar-refractivity contribution >= 4 is 23.4 Å². The first-order valence-electron chi connectivity index (χ1n) is 12.1. The summed E-state index contributed by atoms with van der Waals surface area (Å²) in [5.41, 5.74) is 1.16. The van der Waals surface area contributed by atoms with Gasteiger partial charge in [-0.25, -0.2) is 0 Å². The molecule has 2 fully saturated rings. The standard InChI is InChI=1S/C26H32N4O6/c1-34-23-4-2-3-21(17-23)27-24(31)19-36-22-7-5-20(6-8-22)26(33)30-11-9-29(10-12-30)25(32)18-28-13-15-35-16-14-28/h2-8,17H,9-16,18-19H2,1H3,(H,27,31). The minimum atomic E-state index is -0.301. The van der Waals surface area contributed by atoms with Gasteiger partial charge in [0.25, 0.3) is 11.8 Å². The number of rotatable bonds is 8. The Hall–Kier alpha value is -3.63. The maximum absolute atomic E-state index is 12.9. The fourth-order valence-electron chi connectivity index (χ4n) is 4.13. The Morgan fingerprint density at radius 2 is 1.58 bits per heavy atom. The maximum atomic E-state index is 12.9. The number of methoxy groups -OCH3 is 1. The Morgan fingerprint density at radius 1 is 0.889 bits per heavy atom. The number of ether oxygens (including phenoxy) is 3. The first-order valence-corrected chi connectivity index (χ1v) is 12.1. The van der Waals surface area contributed by atoms with Crippen molar-refractivity contribution in [2.75, 3.05) is 78.1 Å². The minimum Gasteiger partial charge on any atom is -0.497 e. The van der Waals surface area contributed by atoms with Gasteiger partial charge in [-0.05, 0) is 36.4 Å². The molecular weight excluding hydrogens is 464 g/mol. The molecule has 0 unspecified atom stereocenters. The molecular formula is C26H32N4O6. The largest absolute Gasteiger partial charge is 0.497 e. The van der Waals surface area contributed by atoms with Gasteiger partial charge in [-0.15, -0.1) is 0 Å². The third kappa shape index (κ3) is 6.96. The summed E-state index contributed by atoms with van der Waals surface area (Å²) in [6.07, 6.45) is 0. The molecule has 4 rings (SSSR count). The Balaban J connectivity index is 1.20. The summed E-state index contributed by atoms with van der Waals surface area (Å²) in [6, 6.07) is 13.8. The van der Waals surface area contributed by atoms with E-state index in [9.17, 15) is 14.4 Å². The van der Waals surface area contributed by atoms with Crippen LogP contribution >= 0.6 is 0 Å². The molecule has 0 spiro atoms. The molecule has 2 saturated heterocycles. The van der Waals surface area contributed by atoms with E-state index in [4.69, 9.17) is 14.2 Å². The van der Waals surface area contributed by atoms with Gasteiger partial charge in [0.15, 0.2) is 6.61 Å². The predicted molar refractivity (Wildman–Crippen MR) is 133 cm³/mol. The van der Waals surface area contributed by atoms with Crippen LogP contribution in [-0.2, 0) is 14.3 Å². The first-order chi connectivity index (χ1) is 17.5. The summed E-state index contributed by atoms with van der Waals surface area (Å²) in [7, 11) is 1.56. The van der Waals surface area contributed by atoms with Gasteiger partial charge in [-0.1, -0.05) is 6.07 Å². The van der Waals surface area contributed by atoms with Gasteiger partial charge in [0.2, 0.25) is 5.91 Å². The normalized spacial score (nSPS) is 16.4. The third-order valence-corrected chi connectivity index (χ3v) is 6.21. The molecule has 1 N–H and O–H groups in total. The molecule has 2 heterocycles. The smallest absolute Gasteiger partial charge is 0.262 e. The molecule has 0 atom stereocenters. The Kier molecular flexibility index (Phi) is 8.75. The number of benzene rings is 2. The van der Waals surface area contributed by atoms with E-state index in [1.54, 1.807) is 60.5 Å². The van der Waals surface area contributed by atoms with Crippen molar-refractivity contribution in [3.05, 3.63) is 54.1 Å². The molecule has 2 aliphatic heterocycles. The Labute approximate surface area is 210 Å². The molecule has 2 aliphatic rings.